The first-order chi connectivity index (χ1) is 7.92. The van der Waals surface area contributed by atoms with E-state index in [9.17, 15) is 8.42 Å². The third-order valence-corrected chi connectivity index (χ3v) is 4.70. The summed E-state index contributed by atoms with van der Waals surface area (Å²) in [6, 6.07) is 0. The Morgan fingerprint density at radius 1 is 1.35 bits per heavy atom. The fourth-order valence-electron chi connectivity index (χ4n) is 2.01. The molecule has 1 rings (SSSR count). The highest BCUT2D eigenvalue weighted by molar-refractivity contribution is 7.87. The molecule has 0 unspecified atom stereocenters. The molecule has 0 aromatic carbocycles. The summed E-state index contributed by atoms with van der Waals surface area (Å²) in [7, 11) is 1.35. The number of hydrogen-bond acceptors (Lipinski definition) is 4. The molecule has 17 heavy (non-hydrogen) atoms. The fourth-order valence-corrected chi connectivity index (χ4v) is 2.76. The van der Waals surface area contributed by atoms with Gasteiger partial charge in [-0.05, 0) is 25.9 Å². The Morgan fingerprint density at radius 3 is 2.41 bits per heavy atom. The first-order valence-electron chi connectivity index (χ1n) is 5.79. The van der Waals surface area contributed by atoms with Crippen molar-refractivity contribution >= 4 is 10.2 Å². The van der Waals surface area contributed by atoms with Crippen LogP contribution in [0.15, 0.2) is 0 Å². The van der Waals surface area contributed by atoms with Gasteiger partial charge >= 0.3 is 0 Å². The van der Waals surface area contributed by atoms with Gasteiger partial charge in [-0.25, -0.2) is 4.72 Å². The molecule has 1 saturated heterocycles. The van der Waals surface area contributed by atoms with Gasteiger partial charge in [-0.3, -0.25) is 0 Å². The van der Waals surface area contributed by atoms with Crippen LogP contribution < -0.4 is 10.0 Å². The average molecular weight is 265 g/mol. The Labute approximate surface area is 104 Å². The van der Waals surface area contributed by atoms with E-state index in [1.165, 1.54) is 18.4 Å². The smallest absolute Gasteiger partial charge is 0.278 e. The van der Waals surface area contributed by atoms with Crippen LogP contribution in [0.2, 0.25) is 0 Å². The van der Waals surface area contributed by atoms with Crippen molar-refractivity contribution in [3.63, 3.8) is 0 Å². The molecule has 7 heteroatoms. The fraction of sp³-hybridized carbons (Fsp3) is 1.00. The molecule has 1 aliphatic rings. The molecule has 1 heterocycles. The maximum Gasteiger partial charge on any atom is 0.278 e. The summed E-state index contributed by atoms with van der Waals surface area (Å²) < 4.78 is 32.4. The maximum absolute atomic E-state index is 11.7. The molecule has 6 nitrogen and oxygen atoms in total. The minimum absolute atomic E-state index is 0.0803. The second-order valence-electron chi connectivity index (χ2n) is 4.79. The van der Waals surface area contributed by atoms with E-state index in [4.69, 9.17) is 4.74 Å². The number of nitrogens with zero attached hydrogens (tertiary/aromatic N) is 1. The Bertz CT molecular complexity index is 318. The Morgan fingerprint density at radius 2 is 1.94 bits per heavy atom. The summed E-state index contributed by atoms with van der Waals surface area (Å²) in [5, 5.41) is 3.27. The SMILES string of the molecule is COCC1(CNS(=O)(=O)N(C)C)CCNCC1. The maximum atomic E-state index is 11.7. The number of methoxy groups -OCH3 is 1. The summed E-state index contributed by atoms with van der Waals surface area (Å²) in [5.41, 5.74) is -0.0803. The molecule has 0 spiro atoms. The van der Waals surface area contributed by atoms with E-state index in [0.29, 0.717) is 13.2 Å². The minimum atomic E-state index is -3.35. The van der Waals surface area contributed by atoms with Crippen LogP contribution in [-0.2, 0) is 14.9 Å². The monoisotopic (exact) mass is 265 g/mol. The summed E-state index contributed by atoms with van der Waals surface area (Å²) in [5.74, 6) is 0. The summed E-state index contributed by atoms with van der Waals surface area (Å²) in [6.45, 7) is 2.84. The second kappa shape index (κ2) is 6.10. The highest BCUT2D eigenvalue weighted by Crippen LogP contribution is 2.28. The van der Waals surface area contributed by atoms with Crippen molar-refractivity contribution in [3.05, 3.63) is 0 Å². The summed E-state index contributed by atoms with van der Waals surface area (Å²) in [6.07, 6.45) is 1.85. The average Bonchev–Trinajstić information content (AvgIpc) is 2.28. The van der Waals surface area contributed by atoms with Crippen molar-refractivity contribution in [2.75, 3.05) is 47.4 Å². The molecule has 1 fully saturated rings. The van der Waals surface area contributed by atoms with Crippen LogP contribution in [-0.4, -0.2) is 60.2 Å². The van der Waals surface area contributed by atoms with Crippen molar-refractivity contribution in [2.24, 2.45) is 5.41 Å². The van der Waals surface area contributed by atoms with Gasteiger partial charge in [0.25, 0.3) is 10.2 Å². The molecule has 2 N–H and O–H groups in total. The topological polar surface area (TPSA) is 70.7 Å². The van der Waals surface area contributed by atoms with Gasteiger partial charge in [-0.2, -0.15) is 12.7 Å². The lowest BCUT2D eigenvalue weighted by Crippen LogP contribution is -2.49. The first kappa shape index (κ1) is 14.8. The lowest BCUT2D eigenvalue weighted by Gasteiger charge is -2.37. The molecule has 0 aromatic heterocycles. The Balaban J connectivity index is 2.61. The van der Waals surface area contributed by atoms with Gasteiger partial charge in [-0.15, -0.1) is 0 Å². The van der Waals surface area contributed by atoms with Crippen LogP contribution in [0.3, 0.4) is 0 Å². The first-order valence-corrected chi connectivity index (χ1v) is 7.23. The van der Waals surface area contributed by atoms with Crippen molar-refractivity contribution in [3.8, 4) is 0 Å². The predicted octanol–water partition coefficient (Wildman–Crippen LogP) is -0.601. The van der Waals surface area contributed by atoms with Gasteiger partial charge in [0, 0.05) is 33.2 Å². The summed E-state index contributed by atoms with van der Waals surface area (Å²) >= 11 is 0. The predicted molar refractivity (Wildman–Crippen MR) is 67.0 cm³/mol. The normalized spacial score (nSPS) is 20.7. The van der Waals surface area contributed by atoms with E-state index in [0.717, 1.165) is 25.9 Å². The molecule has 0 amide bonds. The largest absolute Gasteiger partial charge is 0.384 e. The number of piperidine rings is 1. The van der Waals surface area contributed by atoms with Gasteiger partial charge in [0.2, 0.25) is 0 Å². The lowest BCUT2D eigenvalue weighted by atomic mass is 9.80. The highest BCUT2D eigenvalue weighted by Gasteiger charge is 2.33. The van der Waals surface area contributed by atoms with Gasteiger partial charge in [-0.1, -0.05) is 0 Å². The van der Waals surface area contributed by atoms with E-state index in [-0.39, 0.29) is 5.41 Å². The van der Waals surface area contributed by atoms with Crippen LogP contribution >= 0.6 is 0 Å². The summed E-state index contributed by atoms with van der Waals surface area (Å²) in [4.78, 5) is 0. The van der Waals surface area contributed by atoms with Crippen LogP contribution in [0.1, 0.15) is 12.8 Å². The number of nitrogens with one attached hydrogen (secondary N) is 2. The number of ether oxygens (including phenoxy) is 1. The van der Waals surface area contributed by atoms with Crippen LogP contribution in [0.5, 0.6) is 0 Å². The van der Waals surface area contributed by atoms with E-state index in [2.05, 4.69) is 10.0 Å². The molecule has 0 radical (unpaired) electrons. The molecule has 0 saturated carbocycles. The molecular formula is C10H23N3O3S. The zero-order valence-electron chi connectivity index (χ0n) is 10.8. The van der Waals surface area contributed by atoms with Crippen molar-refractivity contribution < 1.29 is 13.2 Å². The van der Waals surface area contributed by atoms with E-state index < -0.39 is 10.2 Å². The van der Waals surface area contributed by atoms with Gasteiger partial charge in [0.15, 0.2) is 0 Å². The second-order valence-corrected chi connectivity index (χ2v) is 6.76. The Hall–Kier alpha value is -0.210. The van der Waals surface area contributed by atoms with Crippen LogP contribution in [0.4, 0.5) is 0 Å². The zero-order chi connectivity index (χ0) is 12.9. The highest BCUT2D eigenvalue weighted by atomic mass is 32.2. The third-order valence-electron chi connectivity index (χ3n) is 3.23. The molecule has 0 aliphatic carbocycles. The molecule has 102 valence electrons. The molecule has 1 aliphatic heterocycles. The van der Waals surface area contributed by atoms with Gasteiger partial charge < -0.3 is 10.1 Å². The zero-order valence-corrected chi connectivity index (χ0v) is 11.6. The van der Waals surface area contributed by atoms with E-state index >= 15 is 0 Å². The molecule has 0 aromatic rings. The van der Waals surface area contributed by atoms with E-state index in [1.807, 2.05) is 0 Å². The van der Waals surface area contributed by atoms with Crippen LogP contribution in [0, 0.1) is 5.41 Å². The Kier molecular flexibility index (Phi) is 5.33. The van der Waals surface area contributed by atoms with Crippen molar-refractivity contribution in [1.82, 2.24) is 14.3 Å². The third kappa shape index (κ3) is 4.18. The molecule has 0 atom stereocenters. The van der Waals surface area contributed by atoms with Crippen molar-refractivity contribution in [1.29, 1.82) is 0 Å². The number of hydrogen-bond donors (Lipinski definition) is 2. The quantitative estimate of drug-likeness (QED) is 0.673. The van der Waals surface area contributed by atoms with Crippen molar-refractivity contribution in [2.45, 2.75) is 12.8 Å². The number of rotatable bonds is 6. The van der Waals surface area contributed by atoms with Crippen LogP contribution in [0.25, 0.3) is 0 Å². The minimum Gasteiger partial charge on any atom is -0.384 e. The standard InChI is InChI=1S/C10H23N3O3S/c1-13(2)17(14,15)12-8-10(9-16-3)4-6-11-7-5-10/h11-12H,4-9H2,1-3H3. The lowest BCUT2D eigenvalue weighted by molar-refractivity contribution is 0.0575. The van der Waals surface area contributed by atoms with Gasteiger partial charge in [0.05, 0.1) is 6.61 Å². The molecular weight excluding hydrogens is 242 g/mol. The van der Waals surface area contributed by atoms with Gasteiger partial charge in [0.1, 0.15) is 0 Å². The van der Waals surface area contributed by atoms with E-state index in [1.54, 1.807) is 7.11 Å². The molecule has 0 bridgehead atoms.